The van der Waals surface area contributed by atoms with Crippen molar-refractivity contribution in [3.63, 3.8) is 0 Å². The van der Waals surface area contributed by atoms with Crippen LogP contribution in [0.3, 0.4) is 0 Å². The molecule has 11 nitrogen and oxygen atoms in total. The van der Waals surface area contributed by atoms with Crippen molar-refractivity contribution in [2.24, 2.45) is 0 Å². The Morgan fingerprint density at radius 2 is 2.02 bits per heavy atom. The highest BCUT2D eigenvalue weighted by Gasteiger charge is 2.45. The topological polar surface area (TPSA) is 149 Å². The molecule has 3 aromatic heterocycles. The van der Waals surface area contributed by atoms with Gasteiger partial charge in [0, 0.05) is 31.2 Å². The van der Waals surface area contributed by atoms with Crippen molar-refractivity contribution in [2.45, 2.75) is 43.7 Å². The number of nitrogen functional groups attached to an aromatic ring is 1. The summed E-state index contributed by atoms with van der Waals surface area (Å²) in [6.45, 7) is 4.55. The minimum Gasteiger partial charge on any atom is -0.461 e. The summed E-state index contributed by atoms with van der Waals surface area (Å²) in [6, 6.07) is 7.02. The number of H-pyrrole nitrogens is 1. The summed E-state index contributed by atoms with van der Waals surface area (Å²) in [5, 5.41) is 12.9. The van der Waals surface area contributed by atoms with E-state index in [4.69, 9.17) is 20.4 Å². The van der Waals surface area contributed by atoms with E-state index in [9.17, 15) is 14.4 Å². The smallest absolute Gasteiger partial charge is 0.319 e. The predicted octanol–water partition coefficient (Wildman–Crippen LogP) is 3.02. The van der Waals surface area contributed by atoms with Crippen molar-refractivity contribution in [3.8, 4) is 23.2 Å². The number of benzene rings is 1. The van der Waals surface area contributed by atoms with Gasteiger partial charge in [-0.2, -0.15) is 15.2 Å². The highest BCUT2D eigenvalue weighted by atomic mass is 32.1. The van der Waals surface area contributed by atoms with Gasteiger partial charge >= 0.3 is 6.01 Å². The molecule has 1 atom stereocenters. The van der Waals surface area contributed by atoms with Crippen molar-refractivity contribution in [1.82, 2.24) is 30.2 Å². The van der Waals surface area contributed by atoms with Crippen molar-refractivity contribution in [1.29, 1.82) is 5.26 Å². The Labute approximate surface area is 239 Å². The van der Waals surface area contributed by atoms with Gasteiger partial charge in [0.05, 0.1) is 39.3 Å². The molecule has 3 fully saturated rings. The maximum absolute atomic E-state index is 14.5. The van der Waals surface area contributed by atoms with E-state index in [1.165, 1.54) is 6.07 Å². The zero-order valence-corrected chi connectivity index (χ0v) is 23.3. The molecule has 0 saturated carbocycles. The fraction of sp³-hybridized carbons (Fsp3) is 0.464. The summed E-state index contributed by atoms with van der Waals surface area (Å²) in [6.07, 6.45) is 4.86. The van der Waals surface area contributed by atoms with E-state index < -0.39 is 5.82 Å². The number of aromatic amines is 1. The van der Waals surface area contributed by atoms with Crippen LogP contribution in [0.1, 0.15) is 32.1 Å². The number of nitrogens with one attached hydrogen (secondary N) is 2. The molecule has 0 radical (unpaired) electrons. The van der Waals surface area contributed by atoms with Gasteiger partial charge in [-0.15, -0.1) is 0 Å². The lowest BCUT2D eigenvalue weighted by molar-refractivity contribution is 0.108. The number of thiazole rings is 1. The van der Waals surface area contributed by atoms with Gasteiger partial charge < -0.3 is 25.7 Å². The summed E-state index contributed by atoms with van der Waals surface area (Å²) < 4.78 is 21.2. The molecule has 41 heavy (non-hydrogen) atoms. The van der Waals surface area contributed by atoms with Crippen LogP contribution in [-0.2, 0) is 0 Å². The number of nitrogens with zero attached hydrogens (tertiary/aromatic N) is 6. The molecule has 4 N–H and O–H groups in total. The third-order valence-corrected chi connectivity index (χ3v) is 9.53. The predicted molar refractivity (Wildman–Crippen MR) is 156 cm³/mol. The molecule has 0 bridgehead atoms. The highest BCUT2D eigenvalue weighted by molar-refractivity contribution is 7.22. The lowest BCUT2D eigenvalue weighted by Gasteiger charge is -2.34. The summed E-state index contributed by atoms with van der Waals surface area (Å²) in [4.78, 5) is 35.0. The molecule has 3 saturated heterocycles. The quantitative estimate of drug-likeness (QED) is 0.313. The Morgan fingerprint density at radius 1 is 1.20 bits per heavy atom. The normalized spacial score (nSPS) is 20.5. The van der Waals surface area contributed by atoms with Crippen molar-refractivity contribution < 1.29 is 9.13 Å². The first-order valence-corrected chi connectivity index (χ1v) is 14.8. The number of piperazine rings is 1. The van der Waals surface area contributed by atoms with Gasteiger partial charge in [0.25, 0.3) is 5.56 Å². The van der Waals surface area contributed by atoms with Crippen LogP contribution >= 0.6 is 11.3 Å². The molecule has 0 unspecified atom stereocenters. The van der Waals surface area contributed by atoms with Crippen LogP contribution < -0.4 is 26.2 Å². The number of hydrogen-bond donors (Lipinski definition) is 3. The van der Waals surface area contributed by atoms with Crippen molar-refractivity contribution in [3.05, 3.63) is 34.4 Å². The monoisotopic (exact) mass is 575 g/mol. The van der Waals surface area contributed by atoms with Gasteiger partial charge in [0.15, 0.2) is 10.9 Å². The minimum absolute atomic E-state index is 0.0197. The van der Waals surface area contributed by atoms with Crippen LogP contribution in [0.15, 0.2) is 23.0 Å². The van der Waals surface area contributed by atoms with Crippen molar-refractivity contribution >= 4 is 43.5 Å². The van der Waals surface area contributed by atoms with Gasteiger partial charge in [-0.25, -0.2) is 9.37 Å². The van der Waals surface area contributed by atoms with E-state index in [1.807, 2.05) is 0 Å². The fourth-order valence-electron chi connectivity index (χ4n) is 6.68. The number of fused-ring (bicyclic) bond motifs is 3. The molecule has 13 heteroatoms. The van der Waals surface area contributed by atoms with E-state index in [0.717, 1.165) is 50.1 Å². The molecule has 0 aliphatic carbocycles. The minimum atomic E-state index is -0.437. The molecule has 212 valence electrons. The van der Waals surface area contributed by atoms with E-state index in [1.54, 1.807) is 12.1 Å². The maximum Gasteiger partial charge on any atom is 0.319 e. The van der Waals surface area contributed by atoms with Crippen LogP contribution in [-0.4, -0.2) is 75.7 Å². The summed E-state index contributed by atoms with van der Waals surface area (Å²) in [5.41, 5.74) is 7.66. The first-order valence-electron chi connectivity index (χ1n) is 14.0. The van der Waals surface area contributed by atoms with Gasteiger partial charge in [0.1, 0.15) is 17.9 Å². The SMILES string of the molecule is N#CC[C@H]1CN(c2nc(OCC34CCCN3CCC4)nc3cc(-c4ccc(F)c5sc(N)nc45)c(=O)[nH]c23)CCN1. The third kappa shape index (κ3) is 4.56. The third-order valence-electron chi connectivity index (χ3n) is 8.64. The zero-order valence-electron chi connectivity index (χ0n) is 22.5. The second kappa shape index (κ2) is 10.2. The molecule has 3 aliphatic heterocycles. The molecule has 1 aromatic carbocycles. The maximum atomic E-state index is 14.5. The molecule has 6 heterocycles. The Morgan fingerprint density at radius 3 is 2.83 bits per heavy atom. The molecule has 0 amide bonds. The number of halogens is 1. The Balaban J connectivity index is 1.33. The van der Waals surface area contributed by atoms with E-state index in [2.05, 4.69) is 31.2 Å². The number of aromatic nitrogens is 4. The molecular weight excluding hydrogens is 545 g/mol. The Hall–Kier alpha value is -3.86. The number of pyridine rings is 1. The number of rotatable bonds is 6. The number of hydrogen-bond acceptors (Lipinski definition) is 11. The largest absolute Gasteiger partial charge is 0.461 e. The number of ether oxygens (including phenoxy) is 1. The summed E-state index contributed by atoms with van der Waals surface area (Å²) in [5.74, 6) is 0.126. The average molecular weight is 576 g/mol. The average Bonchev–Trinajstić information content (AvgIpc) is 3.66. The van der Waals surface area contributed by atoms with Crippen LogP contribution in [0.4, 0.5) is 15.3 Å². The second-order valence-electron chi connectivity index (χ2n) is 11.1. The number of anilines is 2. The first-order chi connectivity index (χ1) is 19.9. The van der Waals surface area contributed by atoms with Crippen LogP contribution in [0.2, 0.25) is 0 Å². The Kier molecular flexibility index (Phi) is 6.49. The molecule has 3 aliphatic rings. The van der Waals surface area contributed by atoms with Gasteiger partial charge in [-0.1, -0.05) is 11.3 Å². The molecular formula is C28H30FN9O2S. The number of nitrogens with two attached hydrogens (primary N) is 1. The van der Waals surface area contributed by atoms with E-state index in [0.29, 0.717) is 70.9 Å². The van der Waals surface area contributed by atoms with Gasteiger partial charge in [-0.3, -0.25) is 9.69 Å². The Bertz CT molecular complexity index is 1740. The lowest BCUT2D eigenvalue weighted by atomic mass is 9.95. The van der Waals surface area contributed by atoms with Gasteiger partial charge in [-0.05, 0) is 57.0 Å². The van der Waals surface area contributed by atoms with Crippen molar-refractivity contribution in [2.75, 3.05) is 50.0 Å². The number of nitriles is 1. The summed E-state index contributed by atoms with van der Waals surface area (Å²) >= 11 is 1.04. The molecule has 7 rings (SSSR count). The van der Waals surface area contributed by atoms with Crippen LogP contribution in [0, 0.1) is 17.1 Å². The zero-order chi connectivity index (χ0) is 28.1. The van der Waals surface area contributed by atoms with Crippen LogP contribution in [0.5, 0.6) is 6.01 Å². The van der Waals surface area contributed by atoms with Crippen LogP contribution in [0.25, 0.3) is 32.4 Å². The standard InChI is InChI=1S/C28H30FN9O2S/c29-19-4-3-17(21-23(19)41-26(31)35-21)18-13-20-22(34-25(18)39)24(37-12-9-32-16(14-37)5-8-30)36-27(33-20)40-15-28-6-1-10-38(28)11-2-7-28/h3-4,13,16,32H,1-2,5-7,9-12,14-15H2,(H2,31,35)(H,34,39)/t16-/m0/s1. The molecule has 0 spiro atoms. The van der Waals surface area contributed by atoms with E-state index >= 15 is 0 Å². The second-order valence-corrected chi connectivity index (χ2v) is 12.1. The molecule has 4 aromatic rings. The summed E-state index contributed by atoms with van der Waals surface area (Å²) in [7, 11) is 0. The van der Waals surface area contributed by atoms with E-state index in [-0.39, 0.29) is 28.3 Å². The van der Waals surface area contributed by atoms with Gasteiger partial charge in [0.2, 0.25) is 0 Å². The lowest BCUT2D eigenvalue weighted by Crippen LogP contribution is -2.51. The highest BCUT2D eigenvalue weighted by Crippen LogP contribution is 2.39. The fourth-order valence-corrected chi connectivity index (χ4v) is 7.44. The first kappa shape index (κ1) is 26.1.